The maximum atomic E-state index is 12.9. The lowest BCUT2D eigenvalue weighted by molar-refractivity contribution is -0.139. The number of fused-ring (bicyclic) bond motifs is 1. The molecule has 2 fully saturated rings. The van der Waals surface area contributed by atoms with Crippen molar-refractivity contribution in [3.63, 3.8) is 0 Å². The molecule has 134 valence electrons. The maximum Gasteiger partial charge on any atom is 0.254 e. The number of aryl methyl sites for hydroxylation is 1. The van der Waals surface area contributed by atoms with Gasteiger partial charge in [-0.05, 0) is 19.3 Å². The lowest BCUT2D eigenvalue weighted by Gasteiger charge is -2.37. The van der Waals surface area contributed by atoms with Gasteiger partial charge in [-0.25, -0.2) is 4.98 Å². The van der Waals surface area contributed by atoms with Gasteiger partial charge in [-0.3, -0.25) is 4.79 Å². The molecule has 25 heavy (non-hydrogen) atoms. The number of nitrogens with zero attached hydrogens (tertiary/aromatic N) is 6. The van der Waals surface area contributed by atoms with E-state index in [2.05, 4.69) is 33.0 Å². The fourth-order valence-electron chi connectivity index (χ4n) is 3.68. The van der Waals surface area contributed by atoms with Crippen molar-refractivity contribution in [1.29, 1.82) is 0 Å². The van der Waals surface area contributed by atoms with E-state index in [9.17, 15) is 4.79 Å². The normalized spacial score (nSPS) is 21.7. The highest BCUT2D eigenvalue weighted by Gasteiger charge is 2.31. The van der Waals surface area contributed by atoms with Crippen LogP contribution in [-0.4, -0.2) is 69.8 Å². The Balaban J connectivity index is 1.57. The Morgan fingerprint density at radius 3 is 2.96 bits per heavy atom. The molecule has 2 aromatic rings. The highest BCUT2D eigenvalue weighted by Crippen LogP contribution is 2.25. The van der Waals surface area contributed by atoms with Crippen LogP contribution in [0.25, 0.3) is 5.78 Å². The number of carbonyl (C=O) groups is 1. The van der Waals surface area contributed by atoms with Gasteiger partial charge in [0.2, 0.25) is 5.91 Å². The smallest absolute Gasteiger partial charge is 0.254 e. The molecule has 2 aliphatic rings. The minimum Gasteiger partial charge on any atom is -0.378 e. The molecule has 0 aromatic carbocycles. The van der Waals surface area contributed by atoms with Crippen molar-refractivity contribution in [3.05, 3.63) is 18.1 Å². The van der Waals surface area contributed by atoms with E-state index in [0.717, 1.165) is 43.9 Å². The number of hydrogen-bond acceptors (Lipinski definition) is 6. The number of ether oxygens (including phenoxy) is 1. The van der Waals surface area contributed by atoms with Crippen molar-refractivity contribution in [2.24, 2.45) is 5.92 Å². The molecule has 0 bridgehead atoms. The van der Waals surface area contributed by atoms with Gasteiger partial charge >= 0.3 is 0 Å². The summed E-state index contributed by atoms with van der Waals surface area (Å²) in [5, 5.41) is 4.32. The summed E-state index contributed by atoms with van der Waals surface area (Å²) in [5.74, 6) is 1.89. The molecular formula is C17H24N6O2. The van der Waals surface area contributed by atoms with Crippen LogP contribution in [-0.2, 0) is 16.0 Å². The van der Waals surface area contributed by atoms with Crippen LogP contribution in [0.5, 0.6) is 0 Å². The standard InChI is InChI=1S/C17H24N6O2/c1-2-14-10-15(23-17(20-14)18-12-19-23)22-5-3-4-13(11-22)16(24)21-6-8-25-9-7-21/h10,12-13H,2-9,11H2,1H3/t13-/m0/s1. The van der Waals surface area contributed by atoms with Crippen LogP contribution in [0.15, 0.2) is 12.4 Å². The van der Waals surface area contributed by atoms with Crippen molar-refractivity contribution in [3.8, 4) is 0 Å². The summed E-state index contributed by atoms with van der Waals surface area (Å²) in [4.78, 5) is 25.8. The zero-order chi connectivity index (χ0) is 17.2. The molecular weight excluding hydrogens is 320 g/mol. The summed E-state index contributed by atoms with van der Waals surface area (Å²) >= 11 is 0. The number of carbonyl (C=O) groups excluding carboxylic acids is 1. The van der Waals surface area contributed by atoms with Crippen molar-refractivity contribution in [2.75, 3.05) is 44.3 Å². The maximum absolute atomic E-state index is 12.9. The lowest BCUT2D eigenvalue weighted by atomic mass is 9.96. The Kier molecular flexibility index (Phi) is 4.52. The fraction of sp³-hybridized carbons (Fsp3) is 0.647. The molecule has 0 saturated carbocycles. The van der Waals surface area contributed by atoms with E-state index in [1.807, 2.05) is 4.90 Å². The summed E-state index contributed by atoms with van der Waals surface area (Å²) < 4.78 is 7.14. The van der Waals surface area contributed by atoms with Crippen molar-refractivity contribution >= 4 is 17.5 Å². The number of amides is 1. The monoisotopic (exact) mass is 344 g/mol. The van der Waals surface area contributed by atoms with Crippen LogP contribution in [0.2, 0.25) is 0 Å². The van der Waals surface area contributed by atoms with Crippen molar-refractivity contribution in [2.45, 2.75) is 26.2 Å². The molecule has 2 saturated heterocycles. The Morgan fingerprint density at radius 2 is 2.16 bits per heavy atom. The molecule has 0 spiro atoms. The zero-order valence-electron chi connectivity index (χ0n) is 14.6. The lowest BCUT2D eigenvalue weighted by Crippen LogP contribution is -2.48. The number of aromatic nitrogens is 4. The van der Waals surface area contributed by atoms with Crippen molar-refractivity contribution < 1.29 is 9.53 Å². The van der Waals surface area contributed by atoms with Gasteiger partial charge in [0.25, 0.3) is 5.78 Å². The van der Waals surface area contributed by atoms with Gasteiger partial charge in [0, 0.05) is 37.9 Å². The Hall–Kier alpha value is -2.22. The summed E-state index contributed by atoms with van der Waals surface area (Å²) in [6.45, 7) is 6.43. The van der Waals surface area contributed by atoms with Gasteiger partial charge < -0.3 is 14.5 Å². The summed E-state index contributed by atoms with van der Waals surface area (Å²) in [6, 6.07) is 2.07. The van der Waals surface area contributed by atoms with Gasteiger partial charge in [-0.1, -0.05) is 6.92 Å². The third-order valence-electron chi connectivity index (χ3n) is 5.07. The SMILES string of the molecule is CCc1cc(N2CCC[C@H](C(=O)N3CCOCC3)C2)n2ncnc2n1. The summed E-state index contributed by atoms with van der Waals surface area (Å²) in [7, 11) is 0. The van der Waals surface area contributed by atoms with Gasteiger partial charge in [0.15, 0.2) is 0 Å². The van der Waals surface area contributed by atoms with E-state index < -0.39 is 0 Å². The van der Waals surface area contributed by atoms with E-state index in [1.165, 1.54) is 6.33 Å². The Labute approximate surface area is 146 Å². The number of morpholine rings is 1. The van der Waals surface area contributed by atoms with E-state index in [1.54, 1.807) is 4.52 Å². The molecule has 0 N–H and O–H groups in total. The van der Waals surface area contributed by atoms with Gasteiger partial charge in [-0.2, -0.15) is 14.6 Å². The van der Waals surface area contributed by atoms with E-state index in [-0.39, 0.29) is 11.8 Å². The molecule has 8 heteroatoms. The zero-order valence-corrected chi connectivity index (χ0v) is 14.6. The molecule has 2 aliphatic heterocycles. The summed E-state index contributed by atoms with van der Waals surface area (Å²) in [6.07, 6.45) is 4.32. The molecule has 1 atom stereocenters. The topological polar surface area (TPSA) is 75.9 Å². The van der Waals surface area contributed by atoms with Gasteiger partial charge in [0.05, 0.1) is 19.1 Å². The van der Waals surface area contributed by atoms with Crippen LogP contribution in [0.1, 0.15) is 25.5 Å². The largest absolute Gasteiger partial charge is 0.378 e. The molecule has 1 amide bonds. The molecule has 0 aliphatic carbocycles. The van der Waals surface area contributed by atoms with Gasteiger partial charge in [0.1, 0.15) is 12.1 Å². The molecule has 0 unspecified atom stereocenters. The first-order chi connectivity index (χ1) is 12.3. The third kappa shape index (κ3) is 3.18. The third-order valence-corrected chi connectivity index (χ3v) is 5.07. The molecule has 8 nitrogen and oxygen atoms in total. The quantitative estimate of drug-likeness (QED) is 0.818. The minimum absolute atomic E-state index is 0.0312. The second-order valence-electron chi connectivity index (χ2n) is 6.65. The average Bonchev–Trinajstić information content (AvgIpc) is 3.16. The second-order valence-corrected chi connectivity index (χ2v) is 6.65. The first-order valence-corrected chi connectivity index (χ1v) is 9.07. The van der Waals surface area contributed by atoms with Crippen LogP contribution >= 0.6 is 0 Å². The van der Waals surface area contributed by atoms with E-state index in [4.69, 9.17) is 4.74 Å². The first kappa shape index (κ1) is 16.3. The predicted octanol–water partition coefficient (Wildman–Crippen LogP) is 0.762. The summed E-state index contributed by atoms with van der Waals surface area (Å²) in [5.41, 5.74) is 0.997. The van der Waals surface area contributed by atoms with E-state index >= 15 is 0 Å². The highest BCUT2D eigenvalue weighted by molar-refractivity contribution is 5.80. The number of piperidine rings is 1. The Bertz CT molecular complexity index is 755. The minimum atomic E-state index is 0.0312. The number of hydrogen-bond donors (Lipinski definition) is 0. The second kappa shape index (κ2) is 6.95. The van der Waals surface area contributed by atoms with Gasteiger partial charge in [-0.15, -0.1) is 0 Å². The van der Waals surface area contributed by atoms with E-state index in [0.29, 0.717) is 32.1 Å². The molecule has 2 aromatic heterocycles. The van der Waals surface area contributed by atoms with Crippen LogP contribution in [0.4, 0.5) is 5.82 Å². The van der Waals surface area contributed by atoms with Crippen molar-refractivity contribution in [1.82, 2.24) is 24.5 Å². The average molecular weight is 344 g/mol. The molecule has 4 rings (SSSR count). The molecule has 4 heterocycles. The fourth-order valence-corrected chi connectivity index (χ4v) is 3.68. The van der Waals surface area contributed by atoms with Crippen LogP contribution in [0, 0.1) is 5.92 Å². The van der Waals surface area contributed by atoms with Crippen LogP contribution < -0.4 is 4.90 Å². The molecule has 0 radical (unpaired) electrons. The number of anilines is 1. The Morgan fingerprint density at radius 1 is 1.32 bits per heavy atom. The number of rotatable bonds is 3. The predicted molar refractivity (Wildman–Crippen MR) is 92.5 cm³/mol. The highest BCUT2D eigenvalue weighted by atomic mass is 16.5. The van der Waals surface area contributed by atoms with Crippen LogP contribution in [0.3, 0.4) is 0 Å². The first-order valence-electron chi connectivity index (χ1n) is 9.07.